The zero-order valence-electron chi connectivity index (χ0n) is 22.8. The molecule has 2 amide bonds. The van der Waals surface area contributed by atoms with E-state index in [0.29, 0.717) is 54.1 Å². The number of carboxylic acid groups (broad SMARTS) is 1. The van der Waals surface area contributed by atoms with Gasteiger partial charge in [-0.05, 0) is 66.8 Å². The maximum atomic E-state index is 12.5. The quantitative estimate of drug-likeness (QED) is 0.369. The molecule has 2 bridgehead atoms. The van der Waals surface area contributed by atoms with Crippen molar-refractivity contribution in [1.29, 1.82) is 5.26 Å². The maximum absolute atomic E-state index is 12.5. The Morgan fingerprint density at radius 1 is 1.02 bits per heavy atom. The van der Waals surface area contributed by atoms with Crippen molar-refractivity contribution >= 4 is 23.5 Å². The molecular formula is C30H37N5O5. The number of likely N-dealkylation sites (tertiary alicyclic amines) is 2. The van der Waals surface area contributed by atoms with Crippen LogP contribution in [0.5, 0.6) is 5.75 Å². The lowest BCUT2D eigenvalue weighted by molar-refractivity contribution is -0.138. The summed E-state index contributed by atoms with van der Waals surface area (Å²) < 4.78 is 5.88. The molecule has 4 rings (SSSR count). The minimum absolute atomic E-state index is 0.0455. The Balaban J connectivity index is 1.21. The number of carboxylic acids is 1. The van der Waals surface area contributed by atoms with Crippen LogP contribution in [0, 0.1) is 29.1 Å². The fraction of sp³-hybridized carbons (Fsp3) is 0.467. The van der Waals surface area contributed by atoms with Crippen LogP contribution in [0.25, 0.3) is 0 Å². The van der Waals surface area contributed by atoms with E-state index in [1.54, 1.807) is 48.5 Å². The second-order valence-electron chi connectivity index (χ2n) is 10.9. The predicted octanol–water partition coefficient (Wildman–Crippen LogP) is 2.67. The monoisotopic (exact) mass is 547 g/mol. The molecule has 3 unspecified atom stereocenters. The Hall–Kier alpha value is -3.94. The largest absolute Gasteiger partial charge is 0.493 e. The van der Waals surface area contributed by atoms with Gasteiger partial charge in [-0.1, -0.05) is 0 Å². The zero-order chi connectivity index (χ0) is 28.5. The number of nitrogens with one attached hydrogen (secondary N) is 2. The molecular weight excluding hydrogens is 510 g/mol. The third-order valence-corrected chi connectivity index (χ3v) is 7.36. The molecule has 3 N–H and O–H groups in total. The van der Waals surface area contributed by atoms with Crippen LogP contribution in [0.3, 0.4) is 0 Å². The number of fused-ring (bicyclic) bond motifs is 2. The van der Waals surface area contributed by atoms with E-state index in [1.807, 2.05) is 0 Å². The molecule has 2 aromatic carbocycles. The van der Waals surface area contributed by atoms with E-state index >= 15 is 0 Å². The van der Waals surface area contributed by atoms with Crippen LogP contribution >= 0.6 is 0 Å². The molecule has 0 aliphatic carbocycles. The predicted molar refractivity (Wildman–Crippen MR) is 150 cm³/mol. The molecule has 2 aliphatic rings. The number of carbonyl (C=O) groups is 3. The van der Waals surface area contributed by atoms with Gasteiger partial charge in [-0.15, -0.1) is 0 Å². The molecule has 0 radical (unpaired) electrons. The number of aliphatic carboxylic acids is 1. The molecule has 2 fully saturated rings. The molecule has 0 saturated carbocycles. The van der Waals surface area contributed by atoms with Crippen LogP contribution in [-0.2, 0) is 9.59 Å². The Labute approximate surface area is 234 Å². The highest BCUT2D eigenvalue weighted by atomic mass is 16.5. The molecule has 40 heavy (non-hydrogen) atoms. The molecule has 2 heterocycles. The summed E-state index contributed by atoms with van der Waals surface area (Å²) in [5.74, 6) is 0.400. The minimum Gasteiger partial charge on any atom is -0.493 e. The SMILES string of the molecule is CC(=O)Nc1ccc(C(=O)NCCN2CC3CC(C2)CN(CC(COc2ccc(C#N)cc2)CC(=O)O)C3)cc1. The zero-order valence-corrected chi connectivity index (χ0v) is 22.8. The van der Waals surface area contributed by atoms with Gasteiger partial charge in [0.1, 0.15) is 5.75 Å². The minimum atomic E-state index is -0.831. The highest BCUT2D eigenvalue weighted by molar-refractivity contribution is 5.95. The van der Waals surface area contributed by atoms with Crippen LogP contribution in [0.4, 0.5) is 5.69 Å². The number of carbonyl (C=O) groups excluding carboxylic acids is 2. The van der Waals surface area contributed by atoms with Crippen molar-refractivity contribution in [2.75, 3.05) is 57.7 Å². The topological polar surface area (TPSA) is 135 Å². The third-order valence-electron chi connectivity index (χ3n) is 7.36. The van der Waals surface area contributed by atoms with Crippen molar-refractivity contribution in [3.63, 3.8) is 0 Å². The summed E-state index contributed by atoms with van der Waals surface area (Å²) in [5, 5.41) is 24.1. The third kappa shape index (κ3) is 8.79. The van der Waals surface area contributed by atoms with Crippen molar-refractivity contribution in [3.8, 4) is 11.8 Å². The van der Waals surface area contributed by atoms with Gasteiger partial charge >= 0.3 is 5.97 Å². The number of piperidine rings is 2. The first kappa shape index (κ1) is 29.1. The lowest BCUT2D eigenvalue weighted by atomic mass is 9.84. The highest BCUT2D eigenvalue weighted by Crippen LogP contribution is 2.29. The molecule has 10 nitrogen and oxygen atoms in total. The smallest absolute Gasteiger partial charge is 0.303 e. The average molecular weight is 548 g/mol. The van der Waals surface area contributed by atoms with Crippen LogP contribution in [-0.4, -0.2) is 85.1 Å². The van der Waals surface area contributed by atoms with Gasteiger partial charge in [-0.3, -0.25) is 14.4 Å². The lowest BCUT2D eigenvalue weighted by Crippen LogP contribution is -2.54. The Bertz CT molecular complexity index is 1200. The number of nitrogens with zero attached hydrogens (tertiary/aromatic N) is 3. The van der Waals surface area contributed by atoms with E-state index in [2.05, 4.69) is 26.5 Å². The normalized spacial score (nSPS) is 19.7. The summed E-state index contributed by atoms with van der Waals surface area (Å²) in [6, 6.07) is 15.8. The first-order chi connectivity index (χ1) is 19.3. The molecule has 0 aromatic heterocycles. The molecule has 2 aromatic rings. The van der Waals surface area contributed by atoms with Gasteiger partial charge in [0, 0.05) is 69.9 Å². The van der Waals surface area contributed by atoms with Crippen LogP contribution in [0.15, 0.2) is 48.5 Å². The van der Waals surface area contributed by atoms with Gasteiger partial charge in [-0.25, -0.2) is 0 Å². The first-order valence-corrected chi connectivity index (χ1v) is 13.7. The number of amides is 2. The van der Waals surface area contributed by atoms with Crippen molar-refractivity contribution < 1.29 is 24.2 Å². The average Bonchev–Trinajstić information content (AvgIpc) is 2.91. The van der Waals surface area contributed by atoms with Gasteiger partial charge in [0.05, 0.1) is 24.7 Å². The standard InChI is InChI=1S/C30H37N5O5/c1-21(36)33-27-6-4-26(5-7-27)30(39)32-10-11-34-15-23-12-24(16-34)18-35(17-23)19-25(13-29(37)38)20-40-28-8-2-22(14-31)3-9-28/h2-9,23-25H,10-13,15-20H2,1H3,(H,32,39)(H,33,36)(H,37,38). The van der Waals surface area contributed by atoms with E-state index in [-0.39, 0.29) is 24.2 Å². The number of ether oxygens (including phenoxy) is 1. The van der Waals surface area contributed by atoms with Gasteiger partial charge in [0.15, 0.2) is 0 Å². The fourth-order valence-corrected chi connectivity index (χ4v) is 5.79. The summed E-state index contributed by atoms with van der Waals surface area (Å²) in [5.41, 5.74) is 1.77. The van der Waals surface area contributed by atoms with Gasteiger partial charge in [-0.2, -0.15) is 5.26 Å². The molecule has 2 aliphatic heterocycles. The summed E-state index contributed by atoms with van der Waals surface area (Å²) in [6.07, 6.45) is 1.22. The van der Waals surface area contributed by atoms with E-state index in [9.17, 15) is 19.5 Å². The van der Waals surface area contributed by atoms with Gasteiger partial charge in [0.25, 0.3) is 5.91 Å². The van der Waals surface area contributed by atoms with E-state index in [1.165, 1.54) is 13.3 Å². The van der Waals surface area contributed by atoms with Crippen LogP contribution in [0.1, 0.15) is 35.7 Å². The van der Waals surface area contributed by atoms with Crippen molar-refractivity contribution in [2.45, 2.75) is 19.8 Å². The summed E-state index contributed by atoms with van der Waals surface area (Å²) >= 11 is 0. The summed E-state index contributed by atoms with van der Waals surface area (Å²) in [6.45, 7) is 7.53. The molecule has 3 atom stereocenters. The Morgan fingerprint density at radius 2 is 1.68 bits per heavy atom. The Morgan fingerprint density at radius 3 is 2.27 bits per heavy atom. The number of hydrogen-bond donors (Lipinski definition) is 3. The van der Waals surface area contributed by atoms with Crippen molar-refractivity contribution in [2.24, 2.45) is 17.8 Å². The van der Waals surface area contributed by atoms with E-state index in [0.717, 1.165) is 32.7 Å². The number of rotatable bonds is 12. The van der Waals surface area contributed by atoms with E-state index in [4.69, 9.17) is 10.00 Å². The highest BCUT2D eigenvalue weighted by Gasteiger charge is 2.35. The lowest BCUT2D eigenvalue weighted by Gasteiger charge is -2.46. The van der Waals surface area contributed by atoms with Crippen LogP contribution in [0.2, 0.25) is 0 Å². The van der Waals surface area contributed by atoms with Gasteiger partial charge in [0.2, 0.25) is 5.91 Å². The van der Waals surface area contributed by atoms with Crippen LogP contribution < -0.4 is 15.4 Å². The maximum Gasteiger partial charge on any atom is 0.303 e. The second-order valence-corrected chi connectivity index (χ2v) is 10.9. The van der Waals surface area contributed by atoms with E-state index < -0.39 is 5.97 Å². The number of benzene rings is 2. The number of anilines is 1. The number of nitriles is 1. The molecule has 2 saturated heterocycles. The number of hydrogen-bond acceptors (Lipinski definition) is 7. The molecule has 10 heteroatoms. The summed E-state index contributed by atoms with van der Waals surface area (Å²) in [4.78, 5) is 40.0. The molecule has 212 valence electrons. The van der Waals surface area contributed by atoms with Crippen molar-refractivity contribution in [1.82, 2.24) is 15.1 Å². The first-order valence-electron chi connectivity index (χ1n) is 13.7. The van der Waals surface area contributed by atoms with Gasteiger partial charge < -0.3 is 30.3 Å². The fourth-order valence-electron chi connectivity index (χ4n) is 5.79. The second kappa shape index (κ2) is 13.9. The Kier molecular flexibility index (Phi) is 10.1. The molecule has 0 spiro atoms. The summed E-state index contributed by atoms with van der Waals surface area (Å²) in [7, 11) is 0. The van der Waals surface area contributed by atoms with Crippen molar-refractivity contribution in [3.05, 3.63) is 59.7 Å².